The maximum atomic E-state index is 13.2. The third-order valence-electron chi connectivity index (χ3n) is 4.43. The molecule has 0 saturated carbocycles. The van der Waals surface area contributed by atoms with Gasteiger partial charge in [-0.15, -0.1) is 24.0 Å². The van der Waals surface area contributed by atoms with Crippen LogP contribution in [-0.4, -0.2) is 56.8 Å². The Labute approximate surface area is 186 Å². The Morgan fingerprint density at radius 2 is 1.90 bits per heavy atom. The summed E-state index contributed by atoms with van der Waals surface area (Å²) in [5, 5.41) is 6.16. The first-order chi connectivity index (χ1) is 13.4. The maximum absolute atomic E-state index is 13.2. The molecule has 1 saturated heterocycles. The van der Waals surface area contributed by atoms with Crippen molar-refractivity contribution in [2.24, 2.45) is 4.99 Å². The molecule has 1 heterocycles. The van der Waals surface area contributed by atoms with Crippen LogP contribution in [0.5, 0.6) is 0 Å². The van der Waals surface area contributed by atoms with E-state index >= 15 is 0 Å². The highest BCUT2D eigenvalue weighted by Gasteiger charge is 2.33. The number of hydrogen-bond donors (Lipinski definition) is 2. The van der Waals surface area contributed by atoms with Crippen LogP contribution < -0.4 is 10.6 Å². The highest BCUT2D eigenvalue weighted by molar-refractivity contribution is 14.0. The van der Waals surface area contributed by atoms with Crippen molar-refractivity contribution >= 4 is 29.9 Å². The topological polar surface area (TPSA) is 48.9 Å². The van der Waals surface area contributed by atoms with Crippen LogP contribution in [0.1, 0.15) is 30.9 Å². The Bertz CT molecular complexity index is 637. The molecule has 166 valence electrons. The van der Waals surface area contributed by atoms with Gasteiger partial charge in [-0.25, -0.2) is 9.38 Å². The molecule has 1 aromatic rings. The van der Waals surface area contributed by atoms with Gasteiger partial charge in [-0.3, -0.25) is 4.90 Å². The molecule has 1 fully saturated rings. The zero-order valence-electron chi connectivity index (χ0n) is 16.5. The summed E-state index contributed by atoms with van der Waals surface area (Å²) < 4.78 is 57.8. The predicted octanol–water partition coefficient (Wildman–Crippen LogP) is 3.63. The van der Waals surface area contributed by atoms with Crippen LogP contribution in [0.2, 0.25) is 0 Å². The van der Waals surface area contributed by atoms with E-state index in [0.717, 1.165) is 57.8 Å². The molecule has 1 aliphatic heterocycles. The summed E-state index contributed by atoms with van der Waals surface area (Å²) in [5.74, 6) is -0.461. The molecule has 5 nitrogen and oxygen atoms in total. The molecule has 10 heteroatoms. The smallest absolute Gasteiger partial charge is 0.379 e. The molecule has 0 aromatic heterocycles. The summed E-state index contributed by atoms with van der Waals surface area (Å²) >= 11 is 0. The van der Waals surface area contributed by atoms with Gasteiger partial charge in [-0.05, 0) is 44.0 Å². The SMILES string of the molecule is CCNC(=NCc1ccc(F)cc1C(F)(F)F)NCCCCN1CCOCC1.I. The van der Waals surface area contributed by atoms with E-state index in [1.54, 1.807) is 0 Å². The van der Waals surface area contributed by atoms with Crippen molar-refractivity contribution in [3.8, 4) is 0 Å². The van der Waals surface area contributed by atoms with Gasteiger partial charge < -0.3 is 15.4 Å². The molecule has 2 N–H and O–H groups in total. The van der Waals surface area contributed by atoms with Crippen LogP contribution in [0.15, 0.2) is 23.2 Å². The summed E-state index contributed by atoms with van der Waals surface area (Å²) in [7, 11) is 0. The number of morpholine rings is 1. The van der Waals surface area contributed by atoms with Gasteiger partial charge in [0.2, 0.25) is 0 Å². The second-order valence-electron chi connectivity index (χ2n) is 6.58. The molecule has 1 aliphatic rings. The van der Waals surface area contributed by atoms with Crippen LogP contribution in [0.25, 0.3) is 0 Å². The predicted molar refractivity (Wildman–Crippen MR) is 116 cm³/mol. The number of unbranched alkanes of at least 4 members (excludes halogenated alkanes) is 1. The van der Waals surface area contributed by atoms with Gasteiger partial charge in [-0.1, -0.05) is 6.07 Å². The molecular weight excluding hydrogens is 503 g/mol. The van der Waals surface area contributed by atoms with Crippen LogP contribution in [0, 0.1) is 5.82 Å². The van der Waals surface area contributed by atoms with Gasteiger partial charge in [0.1, 0.15) is 5.82 Å². The fraction of sp³-hybridized carbons (Fsp3) is 0.632. The quantitative estimate of drug-likeness (QED) is 0.177. The van der Waals surface area contributed by atoms with Crippen molar-refractivity contribution < 1.29 is 22.3 Å². The van der Waals surface area contributed by atoms with E-state index in [0.29, 0.717) is 25.1 Å². The van der Waals surface area contributed by atoms with Gasteiger partial charge >= 0.3 is 6.18 Å². The summed E-state index contributed by atoms with van der Waals surface area (Å²) in [6.45, 7) is 7.43. The van der Waals surface area contributed by atoms with Crippen LogP contribution in [-0.2, 0) is 17.5 Å². The fourth-order valence-electron chi connectivity index (χ4n) is 2.95. The minimum atomic E-state index is -4.61. The molecule has 0 bridgehead atoms. The highest BCUT2D eigenvalue weighted by Crippen LogP contribution is 2.32. The first kappa shape index (κ1) is 25.9. The zero-order valence-corrected chi connectivity index (χ0v) is 18.9. The van der Waals surface area contributed by atoms with E-state index < -0.39 is 17.6 Å². The first-order valence-corrected chi connectivity index (χ1v) is 9.58. The lowest BCUT2D eigenvalue weighted by Gasteiger charge is -2.26. The molecule has 0 unspecified atom stereocenters. The first-order valence-electron chi connectivity index (χ1n) is 9.58. The third-order valence-corrected chi connectivity index (χ3v) is 4.43. The Morgan fingerprint density at radius 1 is 1.17 bits per heavy atom. The van der Waals surface area contributed by atoms with Crippen molar-refractivity contribution in [1.82, 2.24) is 15.5 Å². The molecule has 2 rings (SSSR count). The molecule has 0 spiro atoms. The van der Waals surface area contributed by atoms with Crippen molar-refractivity contribution in [3.05, 3.63) is 35.1 Å². The third kappa shape index (κ3) is 9.47. The van der Waals surface area contributed by atoms with Crippen molar-refractivity contribution in [2.75, 3.05) is 45.9 Å². The number of aliphatic imine (C=N–C) groups is 1. The summed E-state index contributed by atoms with van der Waals surface area (Å²) in [6, 6.07) is 2.66. The number of benzene rings is 1. The van der Waals surface area contributed by atoms with E-state index in [2.05, 4.69) is 20.5 Å². The minimum absolute atomic E-state index is 0. The summed E-state index contributed by atoms with van der Waals surface area (Å²) in [6.07, 6.45) is -2.67. The largest absolute Gasteiger partial charge is 0.416 e. The van der Waals surface area contributed by atoms with Gasteiger partial charge in [-0.2, -0.15) is 13.2 Å². The van der Waals surface area contributed by atoms with E-state index in [1.165, 1.54) is 0 Å². The normalized spacial score (nSPS) is 15.7. The average Bonchev–Trinajstić information content (AvgIpc) is 2.66. The second kappa shape index (κ2) is 13.2. The van der Waals surface area contributed by atoms with Gasteiger partial charge in [0.05, 0.1) is 25.3 Å². The van der Waals surface area contributed by atoms with Crippen molar-refractivity contribution in [3.63, 3.8) is 0 Å². The standard InChI is InChI=1S/C19H28F4N4O.HI/c1-2-24-18(25-7-3-4-8-27-9-11-28-12-10-27)26-14-15-5-6-16(20)13-17(15)19(21,22)23;/h5-6,13H,2-4,7-12,14H2,1H3,(H2,24,25,26);1H. The monoisotopic (exact) mass is 532 g/mol. The number of ether oxygens (including phenoxy) is 1. The molecular formula is C19H29F4IN4O. The van der Waals surface area contributed by atoms with E-state index in [1.807, 2.05) is 6.92 Å². The highest BCUT2D eigenvalue weighted by atomic mass is 127. The Balaban J connectivity index is 0.00000420. The lowest BCUT2D eigenvalue weighted by molar-refractivity contribution is -0.138. The number of rotatable bonds is 8. The van der Waals surface area contributed by atoms with Gasteiger partial charge in [0.25, 0.3) is 0 Å². The Hall–Kier alpha value is -1.14. The number of guanidine groups is 1. The molecule has 0 atom stereocenters. The van der Waals surface area contributed by atoms with Crippen LogP contribution >= 0.6 is 24.0 Å². The van der Waals surface area contributed by atoms with E-state index in [4.69, 9.17) is 4.74 Å². The lowest BCUT2D eigenvalue weighted by Crippen LogP contribution is -2.39. The van der Waals surface area contributed by atoms with Gasteiger partial charge in [0.15, 0.2) is 5.96 Å². The molecule has 0 amide bonds. The Morgan fingerprint density at radius 3 is 2.55 bits per heavy atom. The van der Waals surface area contributed by atoms with Crippen molar-refractivity contribution in [1.29, 1.82) is 0 Å². The molecule has 29 heavy (non-hydrogen) atoms. The molecule has 1 aromatic carbocycles. The molecule has 0 radical (unpaired) electrons. The van der Waals surface area contributed by atoms with Crippen molar-refractivity contribution in [2.45, 2.75) is 32.5 Å². The minimum Gasteiger partial charge on any atom is -0.379 e. The van der Waals surface area contributed by atoms with E-state index in [9.17, 15) is 17.6 Å². The number of nitrogens with zero attached hydrogens (tertiary/aromatic N) is 2. The molecule has 0 aliphatic carbocycles. The summed E-state index contributed by atoms with van der Waals surface area (Å²) in [5.41, 5.74) is -1.05. The zero-order chi connectivity index (χ0) is 20.4. The maximum Gasteiger partial charge on any atom is 0.416 e. The van der Waals surface area contributed by atoms with Gasteiger partial charge in [0, 0.05) is 26.2 Å². The lowest BCUT2D eigenvalue weighted by atomic mass is 10.1. The Kier molecular flexibility index (Phi) is 11.8. The van der Waals surface area contributed by atoms with Crippen LogP contribution in [0.3, 0.4) is 0 Å². The number of hydrogen-bond acceptors (Lipinski definition) is 3. The number of halogens is 5. The number of alkyl halides is 3. The fourth-order valence-corrected chi connectivity index (χ4v) is 2.95. The second-order valence-corrected chi connectivity index (χ2v) is 6.58. The van der Waals surface area contributed by atoms with Crippen LogP contribution in [0.4, 0.5) is 17.6 Å². The average molecular weight is 532 g/mol. The summed E-state index contributed by atoms with van der Waals surface area (Å²) in [4.78, 5) is 6.58. The number of nitrogens with one attached hydrogen (secondary N) is 2. The van der Waals surface area contributed by atoms with E-state index in [-0.39, 0.29) is 36.1 Å².